The van der Waals surface area contributed by atoms with Gasteiger partial charge in [-0.3, -0.25) is 20.0 Å². The molecule has 28 heavy (non-hydrogen) atoms. The number of hydrogen-bond donors (Lipinski definition) is 2. The van der Waals surface area contributed by atoms with E-state index in [0.29, 0.717) is 27.8 Å². The fraction of sp³-hybridized carbons (Fsp3) is 0.211. The average molecular weight is 417 g/mol. The molecule has 0 spiro atoms. The van der Waals surface area contributed by atoms with Crippen molar-refractivity contribution in [3.8, 4) is 5.75 Å². The smallest absolute Gasteiger partial charge is 0.281 e. The minimum absolute atomic E-state index is 0.288. The molecule has 0 fully saturated rings. The maximum Gasteiger partial charge on any atom is 0.281 e. The van der Waals surface area contributed by atoms with E-state index in [1.165, 1.54) is 23.7 Å². The van der Waals surface area contributed by atoms with Crippen LogP contribution < -0.4 is 15.5 Å². The SMILES string of the molecule is COc1cc2c(cc1Cl)NC1=C(S2)C(=O)N(NC(C)=O)C(c2ccccn2)C1. The van der Waals surface area contributed by atoms with Crippen LogP contribution in [-0.4, -0.2) is 28.9 Å². The Morgan fingerprint density at radius 2 is 2.25 bits per heavy atom. The minimum atomic E-state index is -0.417. The van der Waals surface area contributed by atoms with Crippen molar-refractivity contribution in [2.75, 3.05) is 12.4 Å². The first-order chi connectivity index (χ1) is 13.5. The normalized spacial score (nSPS) is 18.2. The van der Waals surface area contributed by atoms with E-state index in [2.05, 4.69) is 15.7 Å². The number of benzene rings is 1. The quantitative estimate of drug-likeness (QED) is 0.796. The Labute approximate surface area is 171 Å². The van der Waals surface area contributed by atoms with Gasteiger partial charge in [-0.05, 0) is 24.3 Å². The van der Waals surface area contributed by atoms with E-state index in [1.54, 1.807) is 25.4 Å². The fourth-order valence-corrected chi connectivity index (χ4v) is 4.51. The van der Waals surface area contributed by atoms with E-state index in [0.717, 1.165) is 16.3 Å². The zero-order valence-corrected chi connectivity index (χ0v) is 16.7. The molecule has 2 amide bonds. The number of methoxy groups -OCH3 is 1. The van der Waals surface area contributed by atoms with E-state index in [9.17, 15) is 9.59 Å². The van der Waals surface area contributed by atoms with Gasteiger partial charge in [0.25, 0.3) is 5.91 Å². The molecule has 1 aromatic heterocycles. The lowest BCUT2D eigenvalue weighted by molar-refractivity contribution is -0.141. The zero-order chi connectivity index (χ0) is 19.8. The first-order valence-electron chi connectivity index (χ1n) is 8.55. The maximum absolute atomic E-state index is 13.2. The zero-order valence-electron chi connectivity index (χ0n) is 15.2. The highest BCUT2D eigenvalue weighted by Crippen LogP contribution is 2.48. The number of amides is 2. The number of carbonyl (C=O) groups is 2. The van der Waals surface area contributed by atoms with Gasteiger partial charge in [0.15, 0.2) is 0 Å². The molecule has 4 rings (SSSR count). The van der Waals surface area contributed by atoms with Crippen LogP contribution in [0.5, 0.6) is 5.75 Å². The molecule has 9 heteroatoms. The van der Waals surface area contributed by atoms with Crippen LogP contribution in [0.15, 0.2) is 52.0 Å². The summed E-state index contributed by atoms with van der Waals surface area (Å²) in [5, 5.41) is 5.17. The summed E-state index contributed by atoms with van der Waals surface area (Å²) in [5.74, 6) is -0.0720. The van der Waals surface area contributed by atoms with Crippen LogP contribution in [0.25, 0.3) is 0 Å². The molecule has 2 aliphatic rings. The highest BCUT2D eigenvalue weighted by molar-refractivity contribution is 8.04. The molecule has 0 aliphatic carbocycles. The third kappa shape index (κ3) is 3.29. The van der Waals surface area contributed by atoms with Gasteiger partial charge in [-0.1, -0.05) is 29.4 Å². The van der Waals surface area contributed by atoms with Crippen molar-refractivity contribution < 1.29 is 14.3 Å². The van der Waals surface area contributed by atoms with Crippen LogP contribution in [0.1, 0.15) is 25.1 Å². The van der Waals surface area contributed by atoms with E-state index in [1.807, 2.05) is 18.2 Å². The molecule has 0 saturated heterocycles. The number of hydrogen-bond acceptors (Lipinski definition) is 6. The maximum atomic E-state index is 13.2. The Hall–Kier alpha value is -2.71. The Morgan fingerprint density at radius 1 is 1.43 bits per heavy atom. The Morgan fingerprint density at radius 3 is 2.93 bits per heavy atom. The standard InChI is InChI=1S/C19H17ClN4O3S/c1-10(25)23-24-15(12-5-3-4-6-21-12)8-14-18(19(24)26)28-17-9-16(27-2)11(20)7-13(17)22-14/h3-7,9,15,22H,8H2,1-2H3,(H,23,25). The van der Waals surface area contributed by atoms with Gasteiger partial charge in [0.1, 0.15) is 11.8 Å². The Bertz CT molecular complexity index is 996. The van der Waals surface area contributed by atoms with Crippen molar-refractivity contribution in [3.05, 3.63) is 57.8 Å². The number of aromatic nitrogens is 1. The lowest BCUT2D eigenvalue weighted by Gasteiger charge is -2.38. The molecular weight excluding hydrogens is 400 g/mol. The molecule has 2 aliphatic heterocycles. The summed E-state index contributed by atoms with van der Waals surface area (Å²) in [6.45, 7) is 1.38. The molecule has 0 bridgehead atoms. The van der Waals surface area contributed by atoms with Gasteiger partial charge in [0.2, 0.25) is 5.91 Å². The van der Waals surface area contributed by atoms with Gasteiger partial charge < -0.3 is 10.1 Å². The van der Waals surface area contributed by atoms with Crippen LogP contribution >= 0.6 is 23.4 Å². The summed E-state index contributed by atoms with van der Waals surface area (Å²) in [5.41, 5.74) is 4.94. The molecule has 7 nitrogen and oxygen atoms in total. The third-order valence-electron chi connectivity index (χ3n) is 4.45. The van der Waals surface area contributed by atoms with Gasteiger partial charge in [-0.25, -0.2) is 5.01 Å². The number of nitrogens with zero attached hydrogens (tertiary/aromatic N) is 2. The van der Waals surface area contributed by atoms with Crippen LogP contribution in [-0.2, 0) is 9.59 Å². The number of nitrogens with one attached hydrogen (secondary N) is 2. The molecule has 2 aromatic rings. The summed E-state index contributed by atoms with van der Waals surface area (Å²) in [7, 11) is 1.54. The van der Waals surface area contributed by atoms with Crippen molar-refractivity contribution in [2.24, 2.45) is 0 Å². The second kappa shape index (κ2) is 7.37. The first kappa shape index (κ1) is 18.6. The number of pyridine rings is 1. The van der Waals surface area contributed by atoms with E-state index >= 15 is 0 Å². The minimum Gasteiger partial charge on any atom is -0.495 e. The number of ether oxygens (including phenoxy) is 1. The molecule has 1 aromatic carbocycles. The average Bonchev–Trinajstić information content (AvgIpc) is 2.69. The summed E-state index contributed by atoms with van der Waals surface area (Å²) in [6, 6.07) is 8.66. The lowest BCUT2D eigenvalue weighted by atomic mass is 10.0. The van der Waals surface area contributed by atoms with E-state index < -0.39 is 6.04 Å². The highest BCUT2D eigenvalue weighted by Gasteiger charge is 2.39. The van der Waals surface area contributed by atoms with Crippen molar-refractivity contribution in [1.82, 2.24) is 15.4 Å². The van der Waals surface area contributed by atoms with Crippen LogP contribution in [0.4, 0.5) is 5.69 Å². The number of anilines is 1. The van der Waals surface area contributed by atoms with E-state index in [-0.39, 0.29) is 11.8 Å². The highest BCUT2D eigenvalue weighted by atomic mass is 35.5. The molecule has 3 heterocycles. The number of rotatable bonds is 3. The summed E-state index contributed by atoms with van der Waals surface area (Å²) >= 11 is 7.58. The number of carbonyl (C=O) groups excluding carboxylic acids is 2. The predicted molar refractivity (Wildman–Crippen MR) is 107 cm³/mol. The lowest BCUT2D eigenvalue weighted by Crippen LogP contribution is -2.51. The van der Waals surface area contributed by atoms with Crippen molar-refractivity contribution in [1.29, 1.82) is 0 Å². The summed E-state index contributed by atoms with van der Waals surface area (Å²) in [6.07, 6.45) is 2.15. The molecule has 1 unspecified atom stereocenters. The van der Waals surface area contributed by atoms with E-state index in [4.69, 9.17) is 16.3 Å². The van der Waals surface area contributed by atoms with Crippen molar-refractivity contribution >= 4 is 40.9 Å². The molecule has 0 radical (unpaired) electrons. The van der Waals surface area contributed by atoms with Gasteiger partial charge in [0, 0.05) is 30.1 Å². The molecular formula is C19H17ClN4O3S. The molecule has 144 valence electrons. The number of halogens is 1. The first-order valence-corrected chi connectivity index (χ1v) is 9.74. The van der Waals surface area contributed by atoms with Crippen LogP contribution in [0, 0.1) is 0 Å². The molecule has 2 N–H and O–H groups in total. The van der Waals surface area contributed by atoms with Gasteiger partial charge in [-0.2, -0.15) is 0 Å². The number of thioether (sulfide) groups is 1. The predicted octanol–water partition coefficient (Wildman–Crippen LogP) is 3.50. The van der Waals surface area contributed by atoms with Gasteiger partial charge in [0.05, 0.1) is 28.4 Å². The third-order valence-corrected chi connectivity index (χ3v) is 5.93. The fourth-order valence-electron chi connectivity index (χ4n) is 3.22. The molecule has 0 saturated carbocycles. The monoisotopic (exact) mass is 416 g/mol. The van der Waals surface area contributed by atoms with Crippen LogP contribution in [0.2, 0.25) is 5.02 Å². The second-order valence-electron chi connectivity index (χ2n) is 6.34. The Kier molecular flexibility index (Phi) is 4.91. The van der Waals surface area contributed by atoms with Crippen molar-refractivity contribution in [3.63, 3.8) is 0 Å². The largest absolute Gasteiger partial charge is 0.495 e. The second-order valence-corrected chi connectivity index (χ2v) is 7.79. The van der Waals surface area contributed by atoms with Crippen LogP contribution in [0.3, 0.4) is 0 Å². The number of fused-ring (bicyclic) bond motifs is 1. The number of hydrazine groups is 1. The topological polar surface area (TPSA) is 83.6 Å². The van der Waals surface area contributed by atoms with Gasteiger partial charge >= 0.3 is 0 Å². The summed E-state index contributed by atoms with van der Waals surface area (Å²) in [4.78, 5) is 30.7. The Balaban J connectivity index is 1.74. The van der Waals surface area contributed by atoms with Crippen molar-refractivity contribution in [2.45, 2.75) is 24.3 Å². The molecule has 1 atom stereocenters. The summed E-state index contributed by atoms with van der Waals surface area (Å²) < 4.78 is 5.27. The van der Waals surface area contributed by atoms with Gasteiger partial charge in [-0.15, -0.1) is 0 Å².